The zero-order chi connectivity index (χ0) is 29.3. The van der Waals surface area contributed by atoms with E-state index >= 15 is 0 Å². The van der Waals surface area contributed by atoms with E-state index in [9.17, 15) is 19.4 Å². The Morgan fingerprint density at radius 2 is 2.02 bits per heavy atom. The maximum Gasteiger partial charge on any atom is 0.268 e. The minimum absolute atomic E-state index is 0.0156. The molecule has 2 aliphatic heterocycles. The van der Waals surface area contributed by atoms with Gasteiger partial charge in [0.05, 0.1) is 31.1 Å². The highest BCUT2D eigenvalue weighted by molar-refractivity contribution is 6.76. The van der Waals surface area contributed by atoms with E-state index in [1.54, 1.807) is 0 Å². The van der Waals surface area contributed by atoms with Crippen LogP contribution in [0.15, 0.2) is 12.4 Å². The molecule has 0 saturated carbocycles. The summed E-state index contributed by atoms with van der Waals surface area (Å²) in [7, 11) is -1.28. The molecule has 0 bridgehead atoms. The molecule has 0 aromatic carbocycles. The average molecular weight is 591 g/mol. The minimum Gasteiger partial charge on any atom is -0.465 e. The first kappa shape index (κ1) is 29.7. The zero-order valence-electron chi connectivity index (χ0n) is 24.0. The first-order valence-electron chi connectivity index (χ1n) is 14.0. The van der Waals surface area contributed by atoms with Gasteiger partial charge in [0.1, 0.15) is 12.5 Å². The topological polar surface area (TPSA) is 142 Å². The van der Waals surface area contributed by atoms with Gasteiger partial charge in [-0.1, -0.05) is 19.6 Å². The number of aromatic nitrogens is 3. The second kappa shape index (κ2) is 12.2. The zero-order valence-corrected chi connectivity index (χ0v) is 25.0. The highest BCUT2D eigenvalue weighted by atomic mass is 28.3. The van der Waals surface area contributed by atoms with E-state index in [2.05, 4.69) is 39.9 Å². The minimum atomic E-state index is -1.29. The van der Waals surface area contributed by atoms with Gasteiger partial charge >= 0.3 is 0 Å². The lowest BCUT2D eigenvalue weighted by Gasteiger charge is -2.29. The molecular weight excluding hydrogens is 551 g/mol. The molecule has 1 aliphatic carbocycles. The molecule has 41 heavy (non-hydrogen) atoms. The van der Waals surface area contributed by atoms with E-state index in [1.807, 2.05) is 6.92 Å². The van der Waals surface area contributed by atoms with Crippen LogP contribution in [0.4, 0.5) is 16.0 Å². The molecule has 1 amide bonds. The molecule has 3 aliphatic rings. The third-order valence-corrected chi connectivity index (χ3v) is 9.33. The van der Waals surface area contributed by atoms with Crippen LogP contribution in [0.3, 0.4) is 0 Å². The highest BCUT2D eigenvalue weighted by Crippen LogP contribution is 2.32. The van der Waals surface area contributed by atoms with Crippen molar-refractivity contribution in [1.29, 1.82) is 0 Å². The summed E-state index contributed by atoms with van der Waals surface area (Å²) in [6.45, 7) is 9.63. The number of aliphatic hydroxyl groups is 2. The quantitative estimate of drug-likeness (QED) is 0.258. The number of hydrogen-bond donors (Lipinski definition) is 3. The highest BCUT2D eigenvalue weighted by Gasteiger charge is 2.36. The third kappa shape index (κ3) is 7.01. The van der Waals surface area contributed by atoms with Gasteiger partial charge < -0.3 is 34.6 Å². The molecular formula is C27H39FN6O6Si. The number of rotatable bonds is 11. The monoisotopic (exact) mass is 590 g/mol. The van der Waals surface area contributed by atoms with Crippen LogP contribution in [-0.4, -0.2) is 96.8 Å². The Hall–Kier alpha value is -2.75. The van der Waals surface area contributed by atoms with Crippen molar-refractivity contribution in [3.63, 3.8) is 0 Å². The maximum absolute atomic E-state index is 14.1. The standard InChI is InChI=1S/C27H39FN6O6Si/c1-16-20-7-17(8-21(20)22(28)11-29-16)30-10-18(35)9-19-13-33(27(37)40-19)23-12-31-26-25(32-23)34(24(36)14-39-26)15-38-5-6-41(2,3)4/h11-12,17-19,27,30,35,37H,5-10,13-15H2,1-4H3. The summed E-state index contributed by atoms with van der Waals surface area (Å²) >= 11 is 0. The number of aliphatic hydroxyl groups excluding tert-OH is 2. The van der Waals surface area contributed by atoms with E-state index in [0.29, 0.717) is 37.4 Å². The fourth-order valence-electron chi connectivity index (χ4n) is 5.27. The van der Waals surface area contributed by atoms with Crippen LogP contribution in [0.2, 0.25) is 25.7 Å². The number of anilines is 2. The Morgan fingerprint density at radius 3 is 2.78 bits per heavy atom. The number of hydrogen-bond acceptors (Lipinski definition) is 11. The molecule has 4 heterocycles. The van der Waals surface area contributed by atoms with Crippen LogP contribution < -0.4 is 19.9 Å². The van der Waals surface area contributed by atoms with Gasteiger partial charge in [-0.25, -0.2) is 14.4 Å². The van der Waals surface area contributed by atoms with Gasteiger partial charge in [-0.3, -0.25) is 14.7 Å². The van der Waals surface area contributed by atoms with Crippen LogP contribution in [0, 0.1) is 12.7 Å². The Balaban J connectivity index is 1.15. The first-order chi connectivity index (χ1) is 19.5. The van der Waals surface area contributed by atoms with Crippen molar-refractivity contribution in [1.82, 2.24) is 20.3 Å². The largest absolute Gasteiger partial charge is 0.465 e. The van der Waals surface area contributed by atoms with Crippen molar-refractivity contribution in [2.24, 2.45) is 0 Å². The number of carbonyl (C=O) groups is 1. The average Bonchev–Trinajstić information content (AvgIpc) is 3.52. The molecule has 1 fully saturated rings. The fourth-order valence-corrected chi connectivity index (χ4v) is 6.02. The number of nitrogens with zero attached hydrogens (tertiary/aromatic N) is 5. The fraction of sp³-hybridized carbons (Fsp3) is 0.630. The number of ether oxygens (including phenoxy) is 3. The summed E-state index contributed by atoms with van der Waals surface area (Å²) in [5, 5.41) is 24.6. The van der Waals surface area contributed by atoms with Gasteiger partial charge in [-0.15, -0.1) is 0 Å². The van der Waals surface area contributed by atoms with Gasteiger partial charge in [0.25, 0.3) is 11.8 Å². The normalized spacial score (nSPS) is 23.0. The van der Waals surface area contributed by atoms with E-state index in [-0.39, 0.29) is 55.8 Å². The van der Waals surface area contributed by atoms with E-state index in [1.165, 1.54) is 22.2 Å². The predicted molar refractivity (Wildman–Crippen MR) is 151 cm³/mol. The Bertz CT molecular complexity index is 1230. The van der Waals surface area contributed by atoms with Crippen molar-refractivity contribution in [3.05, 3.63) is 35.0 Å². The maximum atomic E-state index is 14.1. The van der Waals surface area contributed by atoms with Gasteiger partial charge in [0.2, 0.25) is 12.2 Å². The SMILES string of the molecule is Cc1ncc(F)c2c1CC(NCC(O)CC1CN(c3cnc4c(n3)N(COCC[Si](C)(C)C)C(=O)CO4)C(O)O1)C2. The van der Waals surface area contributed by atoms with Crippen molar-refractivity contribution < 1.29 is 33.6 Å². The van der Waals surface area contributed by atoms with Gasteiger partial charge in [-0.05, 0) is 36.9 Å². The van der Waals surface area contributed by atoms with E-state index in [4.69, 9.17) is 14.2 Å². The molecule has 2 aromatic rings. The molecule has 5 rings (SSSR count). The van der Waals surface area contributed by atoms with Crippen LogP contribution in [0.1, 0.15) is 23.2 Å². The number of nitrogens with one attached hydrogen (secondary N) is 1. The van der Waals surface area contributed by atoms with Crippen molar-refractivity contribution in [2.45, 2.75) is 76.5 Å². The third-order valence-electron chi connectivity index (χ3n) is 7.63. The van der Waals surface area contributed by atoms with Crippen LogP contribution in [0.25, 0.3) is 0 Å². The number of aryl methyl sites for hydroxylation is 1. The first-order valence-corrected chi connectivity index (χ1v) is 17.7. The molecule has 0 radical (unpaired) electrons. The molecule has 0 spiro atoms. The molecule has 2 aromatic heterocycles. The van der Waals surface area contributed by atoms with Crippen LogP contribution in [0.5, 0.6) is 5.88 Å². The number of amides is 1. The molecule has 3 N–H and O–H groups in total. The summed E-state index contributed by atoms with van der Waals surface area (Å²) in [6, 6.07) is 0.982. The summed E-state index contributed by atoms with van der Waals surface area (Å²) in [5.41, 5.74) is 2.46. The summed E-state index contributed by atoms with van der Waals surface area (Å²) in [5.74, 6) is 0.179. The molecule has 4 atom stereocenters. The van der Waals surface area contributed by atoms with Crippen LogP contribution in [-0.2, 0) is 27.1 Å². The second-order valence-electron chi connectivity index (χ2n) is 12.1. The lowest BCUT2D eigenvalue weighted by Crippen LogP contribution is -2.42. The number of fused-ring (bicyclic) bond motifs is 2. The van der Waals surface area contributed by atoms with Crippen LogP contribution >= 0.6 is 0 Å². The van der Waals surface area contributed by atoms with Crippen molar-refractivity contribution in [2.75, 3.05) is 42.8 Å². The van der Waals surface area contributed by atoms with E-state index in [0.717, 1.165) is 17.3 Å². The number of pyridine rings is 1. The number of halogens is 1. The summed E-state index contributed by atoms with van der Waals surface area (Å²) in [4.78, 5) is 28.5. The van der Waals surface area contributed by atoms with Crippen molar-refractivity contribution >= 4 is 25.6 Å². The molecule has 1 saturated heterocycles. The predicted octanol–water partition coefficient (Wildman–Crippen LogP) is 1.35. The van der Waals surface area contributed by atoms with Gasteiger partial charge in [0, 0.05) is 39.4 Å². The molecule has 12 nitrogen and oxygen atoms in total. The second-order valence-corrected chi connectivity index (χ2v) is 17.7. The molecule has 14 heteroatoms. The van der Waals surface area contributed by atoms with Gasteiger partial charge in [-0.2, -0.15) is 0 Å². The summed E-state index contributed by atoms with van der Waals surface area (Å²) < 4.78 is 31.1. The number of carbonyl (C=O) groups excluding carboxylic acids is 1. The lowest BCUT2D eigenvalue weighted by molar-refractivity contribution is -0.122. The Labute approximate surface area is 239 Å². The Morgan fingerprint density at radius 1 is 1.24 bits per heavy atom. The van der Waals surface area contributed by atoms with E-state index < -0.39 is 26.7 Å². The molecule has 224 valence electrons. The lowest BCUT2D eigenvalue weighted by atomic mass is 10.1. The van der Waals surface area contributed by atoms with Crippen molar-refractivity contribution in [3.8, 4) is 5.88 Å². The summed E-state index contributed by atoms with van der Waals surface area (Å²) in [6.07, 6.45) is 1.69. The van der Waals surface area contributed by atoms with Gasteiger partial charge in [0.15, 0.2) is 12.4 Å². The molecule has 4 unspecified atom stereocenters. The smallest absolute Gasteiger partial charge is 0.268 e. The Kier molecular flexibility index (Phi) is 8.87.